The molecular formula is C11H12BrN3O. The minimum Gasteiger partial charge on any atom is -0.388 e. The smallest absolute Gasteiger partial charge is 0.0856 e. The molecule has 5 heteroatoms. The van der Waals surface area contributed by atoms with Crippen LogP contribution < -0.4 is 0 Å². The molecule has 1 unspecified atom stereocenters. The van der Waals surface area contributed by atoms with Crippen molar-refractivity contribution in [2.24, 2.45) is 7.05 Å². The molecule has 0 spiro atoms. The zero-order valence-electron chi connectivity index (χ0n) is 8.84. The fourth-order valence-electron chi connectivity index (χ4n) is 1.52. The third-order valence-electron chi connectivity index (χ3n) is 2.29. The second-order valence-electron chi connectivity index (χ2n) is 3.66. The number of aliphatic hydroxyl groups is 1. The average Bonchev–Trinajstić information content (AvgIpc) is 2.64. The molecule has 1 N–H and O–H groups in total. The molecule has 0 amide bonds. The molecule has 1 atom stereocenters. The Morgan fingerprint density at radius 2 is 2.31 bits per heavy atom. The number of nitrogens with zero attached hydrogens (tertiary/aromatic N) is 3. The van der Waals surface area contributed by atoms with Gasteiger partial charge in [0.2, 0.25) is 0 Å². The van der Waals surface area contributed by atoms with E-state index < -0.39 is 6.10 Å². The van der Waals surface area contributed by atoms with Gasteiger partial charge < -0.3 is 5.11 Å². The molecule has 84 valence electrons. The lowest BCUT2D eigenvalue weighted by Crippen LogP contribution is -2.02. The summed E-state index contributed by atoms with van der Waals surface area (Å²) in [5, 5.41) is 17.8. The van der Waals surface area contributed by atoms with Crippen LogP contribution >= 0.6 is 15.9 Å². The SMILES string of the molecule is Cn1cc(CC(O)c2cccc(Br)c2)nn1. The zero-order valence-corrected chi connectivity index (χ0v) is 10.4. The van der Waals surface area contributed by atoms with Crippen molar-refractivity contribution in [3.8, 4) is 0 Å². The number of hydrogen-bond acceptors (Lipinski definition) is 3. The molecule has 0 radical (unpaired) electrons. The highest BCUT2D eigenvalue weighted by Gasteiger charge is 2.10. The van der Waals surface area contributed by atoms with Crippen molar-refractivity contribution in [2.75, 3.05) is 0 Å². The van der Waals surface area contributed by atoms with E-state index in [1.807, 2.05) is 31.3 Å². The maximum Gasteiger partial charge on any atom is 0.0856 e. The normalized spacial score (nSPS) is 12.7. The molecule has 1 heterocycles. The van der Waals surface area contributed by atoms with Gasteiger partial charge in [0, 0.05) is 24.1 Å². The Kier molecular flexibility index (Phi) is 3.36. The van der Waals surface area contributed by atoms with E-state index in [1.54, 1.807) is 10.9 Å². The van der Waals surface area contributed by atoms with Crippen LogP contribution in [0, 0.1) is 0 Å². The lowest BCUT2D eigenvalue weighted by atomic mass is 10.1. The summed E-state index contributed by atoms with van der Waals surface area (Å²) in [6.45, 7) is 0. The quantitative estimate of drug-likeness (QED) is 0.934. The van der Waals surface area contributed by atoms with Crippen molar-refractivity contribution in [1.82, 2.24) is 15.0 Å². The molecule has 0 fully saturated rings. The van der Waals surface area contributed by atoms with E-state index in [2.05, 4.69) is 26.2 Å². The monoisotopic (exact) mass is 281 g/mol. The highest BCUT2D eigenvalue weighted by molar-refractivity contribution is 9.10. The van der Waals surface area contributed by atoms with Crippen molar-refractivity contribution < 1.29 is 5.11 Å². The first kappa shape index (κ1) is 11.3. The summed E-state index contributed by atoms with van der Waals surface area (Å²) >= 11 is 3.38. The highest BCUT2D eigenvalue weighted by atomic mass is 79.9. The van der Waals surface area contributed by atoms with E-state index in [1.165, 1.54) is 0 Å². The van der Waals surface area contributed by atoms with Gasteiger partial charge in [-0.2, -0.15) is 0 Å². The topological polar surface area (TPSA) is 50.9 Å². The van der Waals surface area contributed by atoms with Gasteiger partial charge in [0.05, 0.1) is 11.8 Å². The molecule has 1 aromatic carbocycles. The molecule has 4 nitrogen and oxygen atoms in total. The molecule has 0 bridgehead atoms. The lowest BCUT2D eigenvalue weighted by Gasteiger charge is -2.09. The molecule has 0 saturated heterocycles. The van der Waals surface area contributed by atoms with Gasteiger partial charge in [-0.25, -0.2) is 0 Å². The second kappa shape index (κ2) is 4.76. The van der Waals surface area contributed by atoms with Crippen molar-refractivity contribution in [3.05, 3.63) is 46.2 Å². The second-order valence-corrected chi connectivity index (χ2v) is 4.57. The minimum absolute atomic E-state index is 0.476. The molecule has 2 aromatic rings. The predicted octanol–water partition coefficient (Wildman–Crippen LogP) is 1.85. The van der Waals surface area contributed by atoms with Crippen LogP contribution in [0.3, 0.4) is 0 Å². The third-order valence-corrected chi connectivity index (χ3v) is 2.78. The van der Waals surface area contributed by atoms with E-state index in [4.69, 9.17) is 0 Å². The molecule has 0 aliphatic heterocycles. The van der Waals surface area contributed by atoms with Gasteiger partial charge in [-0.15, -0.1) is 5.10 Å². The minimum atomic E-state index is -0.547. The third kappa shape index (κ3) is 2.68. The van der Waals surface area contributed by atoms with Gasteiger partial charge in [0.15, 0.2) is 0 Å². The first-order chi connectivity index (χ1) is 7.65. The molecule has 0 aliphatic carbocycles. The van der Waals surface area contributed by atoms with Crippen molar-refractivity contribution in [1.29, 1.82) is 0 Å². The Balaban J connectivity index is 2.11. The summed E-state index contributed by atoms with van der Waals surface area (Å²) in [6, 6.07) is 7.63. The first-order valence-electron chi connectivity index (χ1n) is 4.94. The van der Waals surface area contributed by atoms with Gasteiger partial charge in [-0.3, -0.25) is 4.68 Å². The summed E-state index contributed by atoms with van der Waals surface area (Å²) < 4.78 is 2.59. The van der Waals surface area contributed by atoms with Crippen LogP contribution in [-0.2, 0) is 13.5 Å². The number of halogens is 1. The van der Waals surface area contributed by atoms with E-state index in [9.17, 15) is 5.11 Å². The van der Waals surface area contributed by atoms with E-state index in [-0.39, 0.29) is 0 Å². The predicted molar refractivity (Wildman–Crippen MR) is 63.8 cm³/mol. The molecular weight excluding hydrogens is 270 g/mol. The summed E-state index contributed by atoms with van der Waals surface area (Å²) in [7, 11) is 1.81. The number of aryl methyl sites for hydroxylation is 1. The van der Waals surface area contributed by atoms with Crippen LogP contribution in [-0.4, -0.2) is 20.1 Å². The van der Waals surface area contributed by atoms with E-state index >= 15 is 0 Å². The first-order valence-corrected chi connectivity index (χ1v) is 5.73. The number of benzene rings is 1. The van der Waals surface area contributed by atoms with Crippen LogP contribution in [0.5, 0.6) is 0 Å². The number of aliphatic hydroxyl groups excluding tert-OH is 1. The van der Waals surface area contributed by atoms with Gasteiger partial charge >= 0.3 is 0 Å². The fourth-order valence-corrected chi connectivity index (χ4v) is 1.94. The number of hydrogen-bond donors (Lipinski definition) is 1. The van der Waals surface area contributed by atoms with Crippen LogP contribution in [0.25, 0.3) is 0 Å². The van der Waals surface area contributed by atoms with Gasteiger partial charge in [-0.05, 0) is 17.7 Å². The highest BCUT2D eigenvalue weighted by Crippen LogP contribution is 2.20. The van der Waals surface area contributed by atoms with Crippen molar-refractivity contribution in [2.45, 2.75) is 12.5 Å². The molecule has 0 aliphatic rings. The van der Waals surface area contributed by atoms with E-state index in [0.717, 1.165) is 15.7 Å². The number of aromatic nitrogens is 3. The maximum absolute atomic E-state index is 10.0. The van der Waals surface area contributed by atoms with Crippen LogP contribution in [0.4, 0.5) is 0 Å². The standard InChI is InChI=1S/C11H12BrN3O/c1-15-7-10(13-14-15)6-11(16)8-3-2-4-9(12)5-8/h2-5,7,11,16H,6H2,1H3. The Bertz CT molecular complexity index is 484. The van der Waals surface area contributed by atoms with Crippen LogP contribution in [0.2, 0.25) is 0 Å². The van der Waals surface area contributed by atoms with E-state index in [0.29, 0.717) is 6.42 Å². The Morgan fingerprint density at radius 3 is 2.94 bits per heavy atom. The van der Waals surface area contributed by atoms with Crippen LogP contribution in [0.15, 0.2) is 34.9 Å². The van der Waals surface area contributed by atoms with Crippen molar-refractivity contribution >= 4 is 15.9 Å². The van der Waals surface area contributed by atoms with Gasteiger partial charge in [0.1, 0.15) is 0 Å². The average molecular weight is 282 g/mol. The summed E-state index contributed by atoms with van der Waals surface area (Å²) in [6.07, 6.45) is 1.74. The Morgan fingerprint density at radius 1 is 1.50 bits per heavy atom. The van der Waals surface area contributed by atoms with Gasteiger partial charge in [0.25, 0.3) is 0 Å². The summed E-state index contributed by atoms with van der Waals surface area (Å²) in [4.78, 5) is 0. The Labute approximate surface area is 102 Å². The van der Waals surface area contributed by atoms with Crippen LogP contribution in [0.1, 0.15) is 17.4 Å². The fraction of sp³-hybridized carbons (Fsp3) is 0.273. The maximum atomic E-state index is 10.0. The Hall–Kier alpha value is -1.20. The molecule has 16 heavy (non-hydrogen) atoms. The molecule has 0 saturated carbocycles. The lowest BCUT2D eigenvalue weighted by molar-refractivity contribution is 0.177. The zero-order chi connectivity index (χ0) is 11.5. The molecule has 2 rings (SSSR count). The molecule has 1 aromatic heterocycles. The summed E-state index contributed by atoms with van der Waals surface area (Å²) in [5.41, 5.74) is 1.66. The largest absolute Gasteiger partial charge is 0.388 e. The summed E-state index contributed by atoms with van der Waals surface area (Å²) in [5.74, 6) is 0. The van der Waals surface area contributed by atoms with Gasteiger partial charge in [-0.1, -0.05) is 33.3 Å². The number of rotatable bonds is 3. The van der Waals surface area contributed by atoms with Crippen molar-refractivity contribution in [3.63, 3.8) is 0 Å².